The maximum atomic E-state index is 12.0. The minimum atomic E-state index is -1.16. The number of ether oxygens (including phenoxy) is 4. The Morgan fingerprint density at radius 2 is 1.91 bits per heavy atom. The first-order chi connectivity index (χ1) is 16.9. The fourth-order valence-electron chi connectivity index (χ4n) is 2.94. The van der Waals surface area contributed by atoms with Crippen LogP contribution in [0.15, 0.2) is 40.4 Å². The molecule has 1 heterocycles. The van der Waals surface area contributed by atoms with Crippen LogP contribution in [0.1, 0.15) is 12.5 Å². The quantitative estimate of drug-likeness (QED) is 0.211. The number of carbonyl (C=O) groups is 1. The Balaban J connectivity index is 1.91. The first kappa shape index (κ1) is 25.8. The zero-order chi connectivity index (χ0) is 25.4. The Morgan fingerprint density at radius 1 is 1.20 bits per heavy atom. The number of methoxy groups -OCH3 is 2. The highest BCUT2D eigenvalue weighted by atomic mass is 35.5. The van der Waals surface area contributed by atoms with Gasteiger partial charge < -0.3 is 24.1 Å². The molecular formula is C24H22ClN3O6S. The summed E-state index contributed by atoms with van der Waals surface area (Å²) >= 11 is 7.22. The second-order valence-electron chi connectivity index (χ2n) is 6.74. The number of aromatic amines is 1. The van der Waals surface area contributed by atoms with Crippen LogP contribution < -0.4 is 18.9 Å². The molecule has 0 amide bonds. The third-order valence-electron chi connectivity index (χ3n) is 4.43. The molecular weight excluding hydrogens is 494 g/mol. The molecule has 0 bridgehead atoms. The van der Waals surface area contributed by atoms with Crippen LogP contribution in [0.2, 0.25) is 5.02 Å². The lowest BCUT2D eigenvalue weighted by Crippen LogP contribution is -2.01. The molecule has 2 N–H and O–H groups in total. The van der Waals surface area contributed by atoms with E-state index in [9.17, 15) is 9.90 Å². The summed E-state index contributed by atoms with van der Waals surface area (Å²) in [4.78, 5) is 16.3. The number of thioether (sulfide) groups is 1. The molecule has 0 atom stereocenters. The molecule has 0 aliphatic heterocycles. The molecule has 35 heavy (non-hydrogen) atoms. The third kappa shape index (κ3) is 6.62. The standard InChI is InChI=1S/C24H22ClN3O6S/c1-5-7-34-21-18(25)8-14(9-19(21)33-6-2)10-20(23(29)30)35-24-26-22(27-28-24)15-11-16(31-3)13-17(12-15)32-4/h1,8-13H,6-7H2,2-4H3,(H,29,30)(H,26,27,28)/b20-10-. The zero-order valence-corrected chi connectivity index (χ0v) is 20.7. The molecule has 11 heteroatoms. The number of halogens is 1. The summed E-state index contributed by atoms with van der Waals surface area (Å²) in [6.45, 7) is 2.17. The number of aliphatic carboxylic acids is 1. The molecule has 0 aliphatic carbocycles. The van der Waals surface area contributed by atoms with Crippen LogP contribution in [0, 0.1) is 12.3 Å². The molecule has 0 fully saturated rings. The van der Waals surface area contributed by atoms with Crippen molar-refractivity contribution in [1.82, 2.24) is 15.2 Å². The van der Waals surface area contributed by atoms with Crippen molar-refractivity contribution >= 4 is 35.4 Å². The highest BCUT2D eigenvalue weighted by Crippen LogP contribution is 2.38. The van der Waals surface area contributed by atoms with E-state index in [0.29, 0.717) is 46.6 Å². The average Bonchev–Trinajstić information content (AvgIpc) is 3.31. The number of nitrogens with zero attached hydrogens (tertiary/aromatic N) is 2. The van der Waals surface area contributed by atoms with Crippen LogP contribution in [0.5, 0.6) is 23.0 Å². The van der Waals surface area contributed by atoms with Crippen LogP contribution in [0.3, 0.4) is 0 Å². The summed E-state index contributed by atoms with van der Waals surface area (Å²) in [7, 11) is 3.09. The van der Waals surface area contributed by atoms with E-state index in [-0.39, 0.29) is 21.7 Å². The zero-order valence-electron chi connectivity index (χ0n) is 19.1. The van der Waals surface area contributed by atoms with Gasteiger partial charge in [-0.1, -0.05) is 17.5 Å². The Hall–Kier alpha value is -3.81. The van der Waals surface area contributed by atoms with Crippen molar-refractivity contribution in [3.63, 3.8) is 0 Å². The molecule has 0 aliphatic rings. The van der Waals surface area contributed by atoms with Crippen LogP contribution in [-0.2, 0) is 4.79 Å². The molecule has 9 nitrogen and oxygen atoms in total. The number of nitrogens with one attached hydrogen (secondary N) is 1. The number of aromatic nitrogens is 3. The predicted molar refractivity (Wildman–Crippen MR) is 133 cm³/mol. The molecule has 2 aromatic carbocycles. The van der Waals surface area contributed by atoms with Crippen LogP contribution in [0.4, 0.5) is 0 Å². The molecule has 0 saturated carbocycles. The molecule has 0 unspecified atom stereocenters. The maximum Gasteiger partial charge on any atom is 0.342 e. The van der Waals surface area contributed by atoms with E-state index in [1.165, 1.54) is 6.08 Å². The van der Waals surface area contributed by atoms with Gasteiger partial charge >= 0.3 is 5.97 Å². The predicted octanol–water partition coefficient (Wildman–Crippen LogP) is 4.77. The number of hydrogen-bond acceptors (Lipinski definition) is 8. The van der Waals surface area contributed by atoms with E-state index in [2.05, 4.69) is 21.1 Å². The van der Waals surface area contributed by atoms with E-state index >= 15 is 0 Å². The Labute approximate surface area is 211 Å². The Morgan fingerprint density at radius 3 is 2.51 bits per heavy atom. The molecule has 3 rings (SSSR count). The molecule has 0 radical (unpaired) electrons. The smallest absolute Gasteiger partial charge is 0.342 e. The van der Waals surface area contributed by atoms with Crippen LogP contribution >= 0.6 is 23.4 Å². The molecule has 1 aromatic heterocycles. The summed E-state index contributed by atoms with van der Waals surface area (Å²) in [5, 5.41) is 17.2. The van der Waals surface area contributed by atoms with Crippen molar-refractivity contribution in [1.29, 1.82) is 0 Å². The minimum absolute atomic E-state index is 0.0114. The van der Waals surface area contributed by atoms with Gasteiger partial charge in [0.05, 0.1) is 25.8 Å². The molecule has 0 saturated heterocycles. The summed E-state index contributed by atoms with van der Waals surface area (Å²) in [6, 6.07) is 8.42. The largest absolute Gasteiger partial charge is 0.497 e. The fraction of sp³-hybridized carbons (Fsp3) is 0.208. The van der Waals surface area contributed by atoms with Gasteiger partial charge in [0.25, 0.3) is 0 Å². The number of carboxylic acid groups (broad SMARTS) is 1. The van der Waals surface area contributed by atoms with Gasteiger partial charge in [0, 0.05) is 11.6 Å². The van der Waals surface area contributed by atoms with E-state index in [1.807, 2.05) is 0 Å². The average molecular weight is 516 g/mol. The van der Waals surface area contributed by atoms with E-state index in [0.717, 1.165) is 11.8 Å². The number of carboxylic acids is 1. The molecule has 3 aromatic rings. The van der Waals surface area contributed by atoms with Gasteiger partial charge in [-0.25, -0.2) is 9.78 Å². The topological polar surface area (TPSA) is 116 Å². The summed E-state index contributed by atoms with van der Waals surface area (Å²) in [6.07, 6.45) is 6.70. The van der Waals surface area contributed by atoms with Crippen molar-refractivity contribution in [2.24, 2.45) is 0 Å². The van der Waals surface area contributed by atoms with Gasteiger partial charge in [0.15, 0.2) is 17.3 Å². The normalized spacial score (nSPS) is 11.0. The van der Waals surface area contributed by atoms with Crippen LogP contribution in [0.25, 0.3) is 17.5 Å². The lowest BCUT2D eigenvalue weighted by Gasteiger charge is -2.13. The maximum absolute atomic E-state index is 12.0. The van der Waals surface area contributed by atoms with Crippen molar-refractivity contribution < 1.29 is 28.8 Å². The van der Waals surface area contributed by atoms with Gasteiger partial charge in [0.2, 0.25) is 5.16 Å². The lowest BCUT2D eigenvalue weighted by molar-refractivity contribution is -0.131. The summed E-state index contributed by atoms with van der Waals surface area (Å²) in [5.41, 5.74) is 1.15. The number of benzene rings is 2. The molecule has 182 valence electrons. The number of hydrogen-bond donors (Lipinski definition) is 2. The third-order valence-corrected chi connectivity index (χ3v) is 5.59. The van der Waals surface area contributed by atoms with E-state index in [1.54, 1.807) is 51.5 Å². The lowest BCUT2D eigenvalue weighted by atomic mass is 10.2. The van der Waals surface area contributed by atoms with Gasteiger partial charge in [-0.3, -0.25) is 5.10 Å². The van der Waals surface area contributed by atoms with E-state index in [4.69, 9.17) is 37.0 Å². The first-order valence-corrected chi connectivity index (χ1v) is 11.4. The summed E-state index contributed by atoms with van der Waals surface area (Å²) < 4.78 is 21.6. The number of terminal acetylenes is 1. The van der Waals surface area contributed by atoms with Gasteiger partial charge in [-0.15, -0.1) is 11.5 Å². The fourth-order valence-corrected chi connectivity index (χ4v) is 3.92. The van der Waals surface area contributed by atoms with Gasteiger partial charge in [-0.2, -0.15) is 0 Å². The monoisotopic (exact) mass is 515 g/mol. The van der Waals surface area contributed by atoms with Crippen molar-refractivity contribution in [3.8, 4) is 46.7 Å². The highest BCUT2D eigenvalue weighted by Gasteiger charge is 2.17. The molecule has 0 spiro atoms. The van der Waals surface area contributed by atoms with Crippen molar-refractivity contribution in [2.45, 2.75) is 12.1 Å². The second kappa shape index (κ2) is 12.1. The minimum Gasteiger partial charge on any atom is -0.497 e. The Bertz CT molecular complexity index is 1260. The van der Waals surface area contributed by atoms with Gasteiger partial charge in [0.1, 0.15) is 23.0 Å². The number of rotatable bonds is 11. The Kier molecular flexibility index (Phi) is 8.89. The van der Waals surface area contributed by atoms with Crippen molar-refractivity contribution in [2.75, 3.05) is 27.4 Å². The SMILES string of the molecule is C#CCOc1c(Cl)cc(/C=C(\Sc2n[nH]c(-c3cc(OC)cc(OC)c3)n2)C(=O)O)cc1OCC. The second-order valence-corrected chi connectivity index (χ2v) is 8.16. The number of H-pyrrole nitrogens is 1. The summed E-state index contributed by atoms with van der Waals surface area (Å²) in [5.74, 6) is 3.43. The van der Waals surface area contributed by atoms with Gasteiger partial charge in [-0.05, 0) is 54.6 Å². The van der Waals surface area contributed by atoms with Crippen LogP contribution in [-0.4, -0.2) is 53.7 Å². The van der Waals surface area contributed by atoms with Crippen molar-refractivity contribution in [3.05, 3.63) is 45.8 Å². The highest BCUT2D eigenvalue weighted by molar-refractivity contribution is 8.04. The first-order valence-electron chi connectivity index (χ1n) is 10.2. The van der Waals surface area contributed by atoms with E-state index < -0.39 is 5.97 Å².